The predicted molar refractivity (Wildman–Crippen MR) is 104 cm³/mol. The number of rotatable bonds is 6. The van der Waals surface area contributed by atoms with Crippen molar-refractivity contribution < 1.29 is 4.79 Å². The smallest absolute Gasteiger partial charge is 0.234 e. The summed E-state index contributed by atoms with van der Waals surface area (Å²) in [5.74, 6) is 0.635. The summed E-state index contributed by atoms with van der Waals surface area (Å²) in [5, 5.41) is 21.5. The van der Waals surface area contributed by atoms with Crippen molar-refractivity contribution in [2.45, 2.75) is 68.4 Å². The molecular weight excluding hydrogens is 360 g/mol. The number of carbonyl (C=O) groups is 1. The minimum Gasteiger partial charge on any atom is -0.337 e. The fourth-order valence-corrected chi connectivity index (χ4v) is 4.26. The molecule has 0 saturated heterocycles. The van der Waals surface area contributed by atoms with Crippen molar-refractivity contribution in [1.29, 1.82) is 5.26 Å². The minimum atomic E-state index is -0.717. The van der Waals surface area contributed by atoms with E-state index in [0.29, 0.717) is 11.7 Å². The van der Waals surface area contributed by atoms with E-state index >= 15 is 0 Å². The van der Waals surface area contributed by atoms with E-state index in [1.54, 1.807) is 12.4 Å². The van der Waals surface area contributed by atoms with Crippen molar-refractivity contribution in [3.05, 3.63) is 24.5 Å². The fourth-order valence-electron chi connectivity index (χ4n) is 3.34. The van der Waals surface area contributed by atoms with Crippen molar-refractivity contribution >= 4 is 17.7 Å². The van der Waals surface area contributed by atoms with E-state index in [4.69, 9.17) is 0 Å². The first-order valence-corrected chi connectivity index (χ1v) is 10.2. The summed E-state index contributed by atoms with van der Waals surface area (Å²) in [4.78, 5) is 16.7. The molecule has 3 rings (SSSR count). The molecule has 1 fully saturated rings. The van der Waals surface area contributed by atoms with Crippen LogP contribution in [-0.4, -0.2) is 36.4 Å². The van der Waals surface area contributed by atoms with Gasteiger partial charge in [-0.1, -0.05) is 31.0 Å². The van der Waals surface area contributed by atoms with Crippen LogP contribution in [0.25, 0.3) is 11.4 Å². The highest BCUT2D eigenvalue weighted by atomic mass is 32.2. The number of hydrogen-bond donors (Lipinski definition) is 1. The molecule has 0 spiro atoms. The van der Waals surface area contributed by atoms with Gasteiger partial charge in [-0.15, -0.1) is 10.2 Å². The first-order chi connectivity index (χ1) is 13.1. The Hall–Kier alpha value is -2.40. The molecule has 1 N–H and O–H groups in total. The molecule has 2 heterocycles. The highest BCUT2D eigenvalue weighted by molar-refractivity contribution is 8.00. The normalized spacial score (nSPS) is 17.1. The molecule has 2 aromatic rings. The monoisotopic (exact) mass is 384 g/mol. The maximum atomic E-state index is 12.7. The molecule has 1 amide bonds. The van der Waals surface area contributed by atoms with Gasteiger partial charge in [0, 0.05) is 24.5 Å². The van der Waals surface area contributed by atoms with E-state index < -0.39 is 5.54 Å². The third-order valence-corrected chi connectivity index (χ3v) is 5.99. The minimum absolute atomic E-state index is 0.125. The van der Waals surface area contributed by atoms with E-state index in [-0.39, 0.29) is 11.2 Å². The van der Waals surface area contributed by atoms with Crippen LogP contribution in [0.15, 0.2) is 29.7 Å². The number of amides is 1. The topological polar surface area (TPSA) is 96.5 Å². The molecule has 8 heteroatoms. The molecule has 2 aromatic heterocycles. The second-order valence-corrected chi connectivity index (χ2v) is 8.10. The zero-order valence-electron chi connectivity index (χ0n) is 15.7. The first kappa shape index (κ1) is 19.4. The Morgan fingerprint density at radius 2 is 2.04 bits per heavy atom. The van der Waals surface area contributed by atoms with Crippen molar-refractivity contribution in [2.75, 3.05) is 0 Å². The quantitative estimate of drug-likeness (QED) is 0.768. The molecule has 0 radical (unpaired) electrons. The van der Waals surface area contributed by atoms with Gasteiger partial charge in [0.1, 0.15) is 5.54 Å². The van der Waals surface area contributed by atoms with Crippen LogP contribution in [0, 0.1) is 11.3 Å². The molecule has 1 aliphatic carbocycles. The molecule has 1 saturated carbocycles. The lowest BCUT2D eigenvalue weighted by Gasteiger charge is -2.32. The lowest BCUT2D eigenvalue weighted by molar-refractivity contribution is -0.121. The first-order valence-electron chi connectivity index (χ1n) is 9.32. The van der Waals surface area contributed by atoms with Crippen LogP contribution in [0.5, 0.6) is 0 Å². The highest BCUT2D eigenvalue weighted by Crippen LogP contribution is 2.30. The molecule has 0 aliphatic heterocycles. The molecular formula is C19H24N6OS. The van der Waals surface area contributed by atoms with Gasteiger partial charge in [0.05, 0.1) is 11.3 Å². The Bertz CT molecular complexity index is 822. The molecule has 0 aromatic carbocycles. The van der Waals surface area contributed by atoms with Gasteiger partial charge in [-0.3, -0.25) is 9.78 Å². The van der Waals surface area contributed by atoms with Crippen LogP contribution < -0.4 is 5.32 Å². The van der Waals surface area contributed by atoms with Crippen LogP contribution in [0.4, 0.5) is 0 Å². The summed E-state index contributed by atoms with van der Waals surface area (Å²) in [6.07, 6.45) is 7.98. The number of nitriles is 1. The zero-order valence-corrected chi connectivity index (χ0v) is 16.5. The molecule has 142 valence electrons. The van der Waals surface area contributed by atoms with Crippen LogP contribution in [0.1, 0.15) is 46.0 Å². The largest absolute Gasteiger partial charge is 0.337 e. The van der Waals surface area contributed by atoms with Gasteiger partial charge in [-0.05, 0) is 38.8 Å². The fraction of sp³-hybridized carbons (Fsp3) is 0.526. The molecule has 0 unspecified atom stereocenters. The van der Waals surface area contributed by atoms with Gasteiger partial charge in [0.2, 0.25) is 5.91 Å². The molecule has 27 heavy (non-hydrogen) atoms. The van der Waals surface area contributed by atoms with Crippen molar-refractivity contribution in [1.82, 2.24) is 25.1 Å². The predicted octanol–water partition coefficient (Wildman–Crippen LogP) is 3.18. The third-order valence-electron chi connectivity index (χ3n) is 4.91. The van der Waals surface area contributed by atoms with Crippen molar-refractivity contribution in [2.24, 2.45) is 0 Å². The second-order valence-electron chi connectivity index (χ2n) is 6.79. The summed E-state index contributed by atoms with van der Waals surface area (Å²) < 4.78 is 1.99. The maximum absolute atomic E-state index is 12.7. The Morgan fingerprint density at radius 3 is 2.67 bits per heavy atom. The summed E-state index contributed by atoms with van der Waals surface area (Å²) >= 11 is 1.37. The Balaban J connectivity index is 1.72. The molecule has 0 bridgehead atoms. The summed E-state index contributed by atoms with van der Waals surface area (Å²) in [5.41, 5.74) is 0.221. The lowest BCUT2D eigenvalue weighted by Crippen LogP contribution is -2.51. The van der Waals surface area contributed by atoms with Gasteiger partial charge in [-0.2, -0.15) is 5.26 Å². The zero-order chi connectivity index (χ0) is 19.3. The van der Waals surface area contributed by atoms with Gasteiger partial charge in [0.15, 0.2) is 11.0 Å². The van der Waals surface area contributed by atoms with Crippen LogP contribution in [0.3, 0.4) is 0 Å². The number of carbonyl (C=O) groups excluding carboxylic acids is 1. The molecule has 1 aliphatic rings. The highest BCUT2D eigenvalue weighted by Gasteiger charge is 2.35. The Kier molecular flexibility index (Phi) is 6.11. The summed E-state index contributed by atoms with van der Waals surface area (Å²) in [6.45, 7) is 4.56. The average molecular weight is 385 g/mol. The van der Waals surface area contributed by atoms with Gasteiger partial charge < -0.3 is 9.88 Å². The number of thioether (sulfide) groups is 1. The van der Waals surface area contributed by atoms with E-state index in [0.717, 1.165) is 43.5 Å². The lowest BCUT2D eigenvalue weighted by atomic mass is 9.83. The summed E-state index contributed by atoms with van der Waals surface area (Å²) in [6, 6.07) is 6.11. The number of nitrogens with one attached hydrogen (secondary N) is 1. The van der Waals surface area contributed by atoms with Crippen LogP contribution in [-0.2, 0) is 11.3 Å². The number of pyridine rings is 1. The van der Waals surface area contributed by atoms with Gasteiger partial charge in [-0.25, -0.2) is 0 Å². The van der Waals surface area contributed by atoms with Crippen LogP contribution in [0.2, 0.25) is 0 Å². The van der Waals surface area contributed by atoms with Gasteiger partial charge in [0.25, 0.3) is 0 Å². The standard InChI is InChI=1S/C19H24N6OS/c1-3-25-16(15-7-11-21-12-8-15)23-24-18(25)27-14(2)17(26)22-19(13-20)9-5-4-6-10-19/h7-8,11-12,14H,3-6,9-10H2,1-2H3,(H,22,26)/t14-/m1/s1. The van der Waals surface area contributed by atoms with E-state index in [1.807, 2.05) is 30.5 Å². The third kappa shape index (κ3) is 4.30. The van der Waals surface area contributed by atoms with Crippen molar-refractivity contribution in [3.63, 3.8) is 0 Å². The Labute approximate surface area is 163 Å². The van der Waals surface area contributed by atoms with E-state index in [2.05, 4.69) is 26.6 Å². The molecule has 7 nitrogen and oxygen atoms in total. The van der Waals surface area contributed by atoms with Gasteiger partial charge >= 0.3 is 0 Å². The maximum Gasteiger partial charge on any atom is 0.234 e. The van der Waals surface area contributed by atoms with E-state index in [9.17, 15) is 10.1 Å². The summed E-state index contributed by atoms with van der Waals surface area (Å²) in [7, 11) is 0. The van der Waals surface area contributed by atoms with E-state index in [1.165, 1.54) is 11.8 Å². The Morgan fingerprint density at radius 1 is 1.33 bits per heavy atom. The van der Waals surface area contributed by atoms with Crippen LogP contribution >= 0.6 is 11.8 Å². The second kappa shape index (κ2) is 8.53. The number of nitrogens with zero attached hydrogens (tertiary/aromatic N) is 5. The molecule has 1 atom stereocenters. The number of hydrogen-bond acceptors (Lipinski definition) is 6. The SMILES string of the molecule is CCn1c(S[C@H](C)C(=O)NC2(C#N)CCCCC2)nnc1-c1ccncc1. The average Bonchev–Trinajstić information content (AvgIpc) is 3.11. The van der Waals surface area contributed by atoms with Crippen molar-refractivity contribution in [3.8, 4) is 17.5 Å². The number of aromatic nitrogens is 4.